The number of rotatable bonds is 4. The molecular formula is C20H22N4O4. The van der Waals surface area contributed by atoms with Crippen LogP contribution in [0.4, 0.5) is 0 Å². The molecule has 3 heterocycles. The molecule has 1 aliphatic rings. The van der Waals surface area contributed by atoms with Crippen molar-refractivity contribution in [3.63, 3.8) is 0 Å². The van der Waals surface area contributed by atoms with Crippen LogP contribution < -0.4 is 15.2 Å². The number of imidazole rings is 1. The Morgan fingerprint density at radius 3 is 2.75 bits per heavy atom. The van der Waals surface area contributed by atoms with E-state index in [1.54, 1.807) is 45.5 Å². The average Bonchev–Trinajstić information content (AvgIpc) is 3.30. The second-order valence-electron chi connectivity index (χ2n) is 6.79. The van der Waals surface area contributed by atoms with E-state index in [0.29, 0.717) is 42.2 Å². The van der Waals surface area contributed by atoms with Crippen LogP contribution in [0.2, 0.25) is 0 Å². The first-order valence-electron chi connectivity index (χ1n) is 9.09. The average molecular weight is 382 g/mol. The second kappa shape index (κ2) is 7.03. The maximum Gasteiger partial charge on any atom is 0.330 e. The molecule has 1 aromatic carbocycles. The van der Waals surface area contributed by atoms with Gasteiger partial charge in [-0.05, 0) is 30.7 Å². The number of likely N-dealkylation sites (tertiary alicyclic amines) is 1. The van der Waals surface area contributed by atoms with Crippen LogP contribution in [0.1, 0.15) is 22.8 Å². The van der Waals surface area contributed by atoms with Gasteiger partial charge in [0, 0.05) is 26.3 Å². The van der Waals surface area contributed by atoms with Gasteiger partial charge in [-0.15, -0.1) is 0 Å². The molecule has 8 heteroatoms. The quantitative estimate of drug-likeness (QED) is 0.688. The summed E-state index contributed by atoms with van der Waals surface area (Å²) < 4.78 is 14.0. The van der Waals surface area contributed by atoms with E-state index < -0.39 is 0 Å². The number of hydrogen-bond acceptors (Lipinski definition) is 5. The molecule has 1 atom stereocenters. The molecule has 1 saturated heterocycles. The van der Waals surface area contributed by atoms with E-state index >= 15 is 0 Å². The van der Waals surface area contributed by atoms with E-state index in [1.165, 1.54) is 14.2 Å². The van der Waals surface area contributed by atoms with Crippen LogP contribution in [0, 0.1) is 0 Å². The van der Waals surface area contributed by atoms with Crippen LogP contribution in [-0.2, 0) is 7.05 Å². The highest BCUT2D eigenvalue weighted by Gasteiger charge is 2.32. The minimum absolute atomic E-state index is 0.119. The number of ether oxygens (including phenoxy) is 2. The van der Waals surface area contributed by atoms with Crippen molar-refractivity contribution in [3.8, 4) is 11.5 Å². The third kappa shape index (κ3) is 2.72. The Morgan fingerprint density at radius 2 is 2.00 bits per heavy atom. The number of fused-ring (bicyclic) bond motifs is 1. The number of pyridine rings is 1. The van der Waals surface area contributed by atoms with Crippen molar-refractivity contribution in [3.05, 3.63) is 52.6 Å². The van der Waals surface area contributed by atoms with Gasteiger partial charge in [-0.2, -0.15) is 0 Å². The summed E-state index contributed by atoms with van der Waals surface area (Å²) in [6.07, 6.45) is 2.37. The monoisotopic (exact) mass is 382 g/mol. The Bertz CT molecular complexity index is 1100. The number of aryl methyl sites for hydroxylation is 1. The SMILES string of the molecule is COc1cccc(C(=O)N2CCC(n3c(=O)n(C)c4cccnc43)C2)c1OC. The van der Waals surface area contributed by atoms with Gasteiger partial charge in [0.2, 0.25) is 0 Å². The molecule has 0 saturated carbocycles. The maximum atomic E-state index is 13.1. The Hall–Kier alpha value is -3.29. The molecule has 1 fully saturated rings. The lowest BCUT2D eigenvalue weighted by Crippen LogP contribution is -2.32. The van der Waals surface area contributed by atoms with E-state index in [2.05, 4.69) is 4.98 Å². The molecule has 0 spiro atoms. The second-order valence-corrected chi connectivity index (χ2v) is 6.79. The minimum Gasteiger partial charge on any atom is -0.493 e. The fourth-order valence-corrected chi connectivity index (χ4v) is 3.88. The van der Waals surface area contributed by atoms with Crippen LogP contribution in [0.5, 0.6) is 11.5 Å². The molecule has 1 aliphatic heterocycles. The minimum atomic E-state index is -0.139. The van der Waals surface area contributed by atoms with Gasteiger partial charge in [-0.3, -0.25) is 13.9 Å². The summed E-state index contributed by atoms with van der Waals surface area (Å²) in [5.41, 5.74) is 1.76. The number of carbonyl (C=O) groups is 1. The predicted molar refractivity (Wildman–Crippen MR) is 104 cm³/mol. The fraction of sp³-hybridized carbons (Fsp3) is 0.350. The molecule has 8 nitrogen and oxygen atoms in total. The normalized spacial score (nSPS) is 16.5. The molecule has 28 heavy (non-hydrogen) atoms. The molecule has 3 aromatic rings. The van der Waals surface area contributed by atoms with Gasteiger partial charge >= 0.3 is 5.69 Å². The van der Waals surface area contributed by atoms with E-state index in [1.807, 2.05) is 12.1 Å². The molecule has 0 bridgehead atoms. The Morgan fingerprint density at radius 1 is 1.18 bits per heavy atom. The number of amides is 1. The number of nitrogens with zero attached hydrogens (tertiary/aromatic N) is 4. The van der Waals surface area contributed by atoms with Crippen molar-refractivity contribution in [2.45, 2.75) is 12.5 Å². The van der Waals surface area contributed by atoms with Gasteiger partial charge in [-0.1, -0.05) is 6.07 Å². The largest absolute Gasteiger partial charge is 0.493 e. The van der Waals surface area contributed by atoms with Crippen LogP contribution in [0.15, 0.2) is 41.3 Å². The Labute approximate surface area is 161 Å². The van der Waals surface area contributed by atoms with Gasteiger partial charge in [0.15, 0.2) is 17.1 Å². The van der Waals surface area contributed by atoms with Crippen molar-refractivity contribution in [2.24, 2.45) is 7.05 Å². The summed E-state index contributed by atoms with van der Waals surface area (Å²) in [5, 5.41) is 0. The number of methoxy groups -OCH3 is 2. The topological polar surface area (TPSA) is 78.6 Å². The Balaban J connectivity index is 1.65. The van der Waals surface area contributed by atoms with Crippen molar-refractivity contribution in [2.75, 3.05) is 27.3 Å². The summed E-state index contributed by atoms with van der Waals surface area (Å²) in [7, 11) is 4.79. The van der Waals surface area contributed by atoms with Crippen molar-refractivity contribution < 1.29 is 14.3 Å². The van der Waals surface area contributed by atoms with Crippen molar-refractivity contribution in [1.82, 2.24) is 19.0 Å². The zero-order valence-electron chi connectivity index (χ0n) is 16.1. The first-order valence-corrected chi connectivity index (χ1v) is 9.09. The molecule has 0 N–H and O–H groups in total. The number of hydrogen-bond donors (Lipinski definition) is 0. The van der Waals surface area contributed by atoms with E-state index in [9.17, 15) is 9.59 Å². The summed E-state index contributed by atoms with van der Waals surface area (Å²) in [4.78, 5) is 32.0. The Kier molecular flexibility index (Phi) is 4.54. The van der Waals surface area contributed by atoms with Crippen LogP contribution >= 0.6 is 0 Å². The smallest absolute Gasteiger partial charge is 0.330 e. The highest BCUT2D eigenvalue weighted by molar-refractivity contribution is 5.98. The summed E-state index contributed by atoms with van der Waals surface area (Å²) in [5.74, 6) is 0.792. The third-order valence-corrected chi connectivity index (χ3v) is 5.30. The first-order chi connectivity index (χ1) is 13.6. The summed E-state index contributed by atoms with van der Waals surface area (Å²) in [6, 6.07) is 8.81. The molecule has 1 amide bonds. The van der Waals surface area contributed by atoms with Crippen molar-refractivity contribution in [1.29, 1.82) is 0 Å². The zero-order chi connectivity index (χ0) is 19.8. The molecular weight excluding hydrogens is 360 g/mol. The van der Waals surface area contributed by atoms with E-state index in [4.69, 9.17) is 9.47 Å². The predicted octanol–water partition coefficient (Wildman–Crippen LogP) is 1.84. The van der Waals surface area contributed by atoms with Crippen molar-refractivity contribution >= 4 is 17.1 Å². The number of aromatic nitrogens is 3. The summed E-state index contributed by atoms with van der Waals surface area (Å²) in [6.45, 7) is 0.994. The van der Waals surface area contributed by atoms with Gasteiger partial charge < -0.3 is 14.4 Å². The lowest BCUT2D eigenvalue weighted by molar-refractivity contribution is 0.0783. The van der Waals surface area contributed by atoms with Gasteiger partial charge in [0.05, 0.1) is 31.3 Å². The molecule has 0 aliphatic carbocycles. The molecule has 2 aromatic heterocycles. The van der Waals surface area contributed by atoms with Crippen LogP contribution in [0.3, 0.4) is 0 Å². The van der Waals surface area contributed by atoms with Gasteiger partial charge in [0.25, 0.3) is 5.91 Å². The lowest BCUT2D eigenvalue weighted by atomic mass is 10.1. The lowest BCUT2D eigenvalue weighted by Gasteiger charge is -2.19. The summed E-state index contributed by atoms with van der Waals surface area (Å²) >= 11 is 0. The molecule has 1 unspecified atom stereocenters. The standard InChI is InChI=1S/C20H22N4O4/c1-22-15-7-5-10-21-18(15)24(20(22)26)13-9-11-23(12-13)19(25)14-6-4-8-16(27-2)17(14)28-3/h4-8,10,13H,9,11-12H2,1-3H3. The highest BCUT2D eigenvalue weighted by Crippen LogP contribution is 2.33. The van der Waals surface area contributed by atoms with Gasteiger partial charge in [0.1, 0.15) is 0 Å². The first kappa shape index (κ1) is 18.1. The molecule has 146 valence electrons. The third-order valence-electron chi connectivity index (χ3n) is 5.30. The zero-order valence-corrected chi connectivity index (χ0v) is 16.1. The van der Waals surface area contributed by atoms with E-state index in [0.717, 1.165) is 5.52 Å². The number of carbonyl (C=O) groups excluding carboxylic acids is 1. The molecule has 0 radical (unpaired) electrons. The highest BCUT2D eigenvalue weighted by atomic mass is 16.5. The van der Waals surface area contributed by atoms with Crippen LogP contribution in [0.25, 0.3) is 11.2 Å². The molecule has 4 rings (SSSR count). The van der Waals surface area contributed by atoms with E-state index in [-0.39, 0.29) is 17.6 Å². The fourth-order valence-electron chi connectivity index (χ4n) is 3.88. The van der Waals surface area contributed by atoms with Crippen LogP contribution in [-0.4, -0.2) is 52.2 Å². The maximum absolute atomic E-state index is 13.1. The van der Waals surface area contributed by atoms with Gasteiger partial charge in [-0.25, -0.2) is 9.78 Å². The number of benzene rings is 1. The number of para-hydroxylation sites is 1.